The Morgan fingerprint density at radius 1 is 1.17 bits per heavy atom. The number of aromatic nitrogens is 2. The molecular weight excluding hydrogens is 396 g/mol. The van der Waals surface area contributed by atoms with Crippen molar-refractivity contribution in [1.29, 1.82) is 0 Å². The van der Waals surface area contributed by atoms with Gasteiger partial charge >= 0.3 is 0 Å². The Hall–Kier alpha value is -2.67. The summed E-state index contributed by atoms with van der Waals surface area (Å²) in [5.41, 5.74) is 2.23. The van der Waals surface area contributed by atoms with Gasteiger partial charge in [-0.3, -0.25) is 4.79 Å². The molecular formula is C23H26N4O2S. The molecule has 3 heterocycles. The smallest absolute Gasteiger partial charge is 0.219 e. The fraction of sp³-hybridized carbons (Fsp3) is 0.435. The summed E-state index contributed by atoms with van der Waals surface area (Å²) in [5, 5.41) is 4.53. The summed E-state index contributed by atoms with van der Waals surface area (Å²) in [5.74, 6) is 1.33. The van der Waals surface area contributed by atoms with Gasteiger partial charge in [-0.2, -0.15) is 0 Å². The predicted octanol–water partition coefficient (Wildman–Crippen LogP) is 4.44. The molecule has 30 heavy (non-hydrogen) atoms. The number of nitrogens with one attached hydrogen (secondary N) is 1. The zero-order valence-corrected chi connectivity index (χ0v) is 17.9. The van der Waals surface area contributed by atoms with Crippen LogP contribution in [0.15, 0.2) is 42.6 Å². The Morgan fingerprint density at radius 3 is 2.73 bits per heavy atom. The summed E-state index contributed by atoms with van der Waals surface area (Å²) in [6.45, 7) is 3.27. The second kappa shape index (κ2) is 8.22. The van der Waals surface area contributed by atoms with Gasteiger partial charge in [-0.15, -0.1) is 0 Å². The third-order valence-electron chi connectivity index (χ3n) is 6.18. The summed E-state index contributed by atoms with van der Waals surface area (Å²) >= 11 is 1.70. The number of hydrogen-bond donors (Lipinski definition) is 1. The number of ether oxygens (including phenoxy) is 1. The van der Waals surface area contributed by atoms with E-state index < -0.39 is 0 Å². The third kappa shape index (κ3) is 3.99. The average molecular weight is 423 g/mol. The molecule has 5 rings (SSSR count). The maximum absolute atomic E-state index is 11.6. The van der Waals surface area contributed by atoms with Gasteiger partial charge in [0.2, 0.25) is 11.8 Å². The van der Waals surface area contributed by atoms with E-state index in [2.05, 4.69) is 27.4 Å². The van der Waals surface area contributed by atoms with E-state index in [4.69, 9.17) is 4.74 Å². The monoisotopic (exact) mass is 422 g/mol. The van der Waals surface area contributed by atoms with Crippen LogP contribution >= 0.6 is 11.3 Å². The Kier molecular flexibility index (Phi) is 5.29. The van der Waals surface area contributed by atoms with E-state index in [9.17, 15) is 4.79 Å². The molecule has 1 saturated carbocycles. The third-order valence-corrected chi connectivity index (χ3v) is 7.14. The van der Waals surface area contributed by atoms with Crippen LogP contribution in [0.4, 0.5) is 5.13 Å². The zero-order chi connectivity index (χ0) is 20.5. The van der Waals surface area contributed by atoms with Crippen molar-refractivity contribution in [3.63, 3.8) is 0 Å². The summed E-state index contributed by atoms with van der Waals surface area (Å²) in [6.07, 6.45) is 5.83. The number of thiazole rings is 1. The lowest BCUT2D eigenvalue weighted by atomic mass is 9.88. The van der Waals surface area contributed by atoms with E-state index >= 15 is 0 Å². The number of carbonyl (C=O) groups is 1. The highest BCUT2D eigenvalue weighted by Gasteiger charge is 2.33. The van der Waals surface area contributed by atoms with Crippen molar-refractivity contribution in [2.24, 2.45) is 0 Å². The molecule has 0 unspecified atom stereocenters. The number of likely N-dealkylation sites (tertiary alicyclic amines) is 1. The Morgan fingerprint density at radius 2 is 1.97 bits per heavy atom. The van der Waals surface area contributed by atoms with Gasteiger partial charge in [0.25, 0.3) is 0 Å². The minimum atomic E-state index is 0.164. The molecule has 0 spiro atoms. The van der Waals surface area contributed by atoms with Gasteiger partial charge in [-0.1, -0.05) is 29.5 Å². The van der Waals surface area contributed by atoms with Crippen LogP contribution in [0.5, 0.6) is 5.88 Å². The molecule has 1 aliphatic carbocycles. The quantitative estimate of drug-likeness (QED) is 0.658. The molecule has 1 N–H and O–H groups in total. The fourth-order valence-corrected chi connectivity index (χ4v) is 5.31. The van der Waals surface area contributed by atoms with E-state index in [1.807, 2.05) is 29.2 Å². The van der Waals surface area contributed by atoms with E-state index in [0.29, 0.717) is 12.0 Å². The number of carbonyl (C=O) groups excluding carboxylic acids is 1. The number of hydrogen-bond acceptors (Lipinski definition) is 6. The molecule has 3 aromatic rings. The standard InChI is InChI=1S/C23H26N4O2S/c1-15(28)27-11-8-16(9-12-27)19-5-4-10-24-22(19)29-18-13-17(14-18)25-23-26-20-6-2-3-7-21(20)30-23/h2-7,10,16-18H,8-9,11-14H2,1H3,(H,25,26)/t17-,18+. The first kappa shape index (κ1) is 19.3. The number of benzene rings is 1. The second-order valence-corrected chi connectivity index (χ2v) is 9.25. The number of rotatable bonds is 5. The lowest BCUT2D eigenvalue weighted by molar-refractivity contribution is -0.129. The van der Waals surface area contributed by atoms with Crippen LogP contribution in [0.3, 0.4) is 0 Å². The maximum Gasteiger partial charge on any atom is 0.219 e. The van der Waals surface area contributed by atoms with Crippen LogP contribution in [0.25, 0.3) is 10.2 Å². The maximum atomic E-state index is 11.6. The van der Waals surface area contributed by atoms with Crippen LogP contribution in [-0.4, -0.2) is 46.0 Å². The summed E-state index contributed by atoms with van der Waals surface area (Å²) < 4.78 is 7.50. The fourth-order valence-electron chi connectivity index (χ4n) is 4.36. The number of para-hydroxylation sites is 1. The normalized spacial score (nSPS) is 22.0. The Labute approximate surface area is 180 Å². The van der Waals surface area contributed by atoms with Gasteiger partial charge in [0.05, 0.1) is 10.2 Å². The van der Waals surface area contributed by atoms with Crippen LogP contribution < -0.4 is 10.1 Å². The van der Waals surface area contributed by atoms with Gasteiger partial charge in [0.1, 0.15) is 6.10 Å². The number of anilines is 1. The zero-order valence-electron chi connectivity index (χ0n) is 17.1. The SMILES string of the molecule is CC(=O)N1CCC(c2cccnc2O[C@H]2C[C@@H](Nc3nc4ccccc4s3)C2)CC1. The molecule has 0 atom stereocenters. The van der Waals surface area contributed by atoms with Gasteiger partial charge in [-0.25, -0.2) is 9.97 Å². The molecule has 1 aromatic carbocycles. The highest BCUT2D eigenvalue weighted by Crippen LogP contribution is 2.36. The molecule has 156 valence electrons. The minimum absolute atomic E-state index is 0.164. The van der Waals surface area contributed by atoms with Crippen molar-refractivity contribution in [1.82, 2.24) is 14.9 Å². The number of piperidine rings is 1. The highest BCUT2D eigenvalue weighted by molar-refractivity contribution is 7.22. The van der Waals surface area contributed by atoms with Gasteiger partial charge in [0, 0.05) is 50.7 Å². The van der Waals surface area contributed by atoms with Crippen LogP contribution in [0.1, 0.15) is 44.1 Å². The van der Waals surface area contributed by atoms with Crippen molar-refractivity contribution in [2.75, 3.05) is 18.4 Å². The predicted molar refractivity (Wildman–Crippen MR) is 119 cm³/mol. The first-order valence-corrected chi connectivity index (χ1v) is 11.5. The van der Waals surface area contributed by atoms with Crippen molar-refractivity contribution in [3.8, 4) is 5.88 Å². The van der Waals surface area contributed by atoms with Crippen molar-refractivity contribution in [2.45, 2.75) is 50.7 Å². The van der Waals surface area contributed by atoms with Crippen LogP contribution in [-0.2, 0) is 4.79 Å². The van der Waals surface area contributed by atoms with Crippen molar-refractivity contribution < 1.29 is 9.53 Å². The molecule has 1 amide bonds. The molecule has 7 heteroatoms. The van der Waals surface area contributed by atoms with Gasteiger partial charge in [-0.05, 0) is 37.0 Å². The molecule has 0 radical (unpaired) electrons. The Bertz CT molecular complexity index is 1010. The van der Waals surface area contributed by atoms with E-state index in [1.54, 1.807) is 24.5 Å². The molecule has 6 nitrogen and oxygen atoms in total. The number of pyridine rings is 1. The average Bonchev–Trinajstić information content (AvgIpc) is 3.15. The van der Waals surface area contributed by atoms with Crippen LogP contribution in [0.2, 0.25) is 0 Å². The van der Waals surface area contributed by atoms with E-state index in [1.165, 1.54) is 10.3 Å². The summed E-state index contributed by atoms with van der Waals surface area (Å²) in [4.78, 5) is 22.7. The molecule has 1 saturated heterocycles. The molecule has 1 aliphatic heterocycles. The highest BCUT2D eigenvalue weighted by atomic mass is 32.1. The second-order valence-electron chi connectivity index (χ2n) is 8.22. The largest absolute Gasteiger partial charge is 0.474 e. The topological polar surface area (TPSA) is 67.4 Å². The molecule has 0 bridgehead atoms. The van der Waals surface area contributed by atoms with Crippen molar-refractivity contribution >= 4 is 32.6 Å². The summed E-state index contributed by atoms with van der Waals surface area (Å²) in [6, 6.07) is 12.7. The van der Waals surface area contributed by atoms with E-state index in [-0.39, 0.29) is 12.0 Å². The number of amides is 1. The van der Waals surface area contributed by atoms with Crippen molar-refractivity contribution in [3.05, 3.63) is 48.2 Å². The lowest BCUT2D eigenvalue weighted by Gasteiger charge is -2.36. The number of fused-ring (bicyclic) bond motifs is 1. The lowest BCUT2D eigenvalue weighted by Crippen LogP contribution is -2.43. The van der Waals surface area contributed by atoms with E-state index in [0.717, 1.165) is 55.3 Å². The number of nitrogens with zero attached hydrogens (tertiary/aromatic N) is 3. The molecule has 2 aliphatic rings. The first-order chi connectivity index (χ1) is 14.7. The molecule has 2 fully saturated rings. The van der Waals surface area contributed by atoms with Gasteiger partial charge in [0.15, 0.2) is 5.13 Å². The first-order valence-electron chi connectivity index (χ1n) is 10.6. The summed E-state index contributed by atoms with van der Waals surface area (Å²) in [7, 11) is 0. The molecule has 2 aromatic heterocycles. The van der Waals surface area contributed by atoms with Crippen LogP contribution in [0, 0.1) is 0 Å². The van der Waals surface area contributed by atoms with Gasteiger partial charge < -0.3 is 15.0 Å². The Balaban J connectivity index is 1.17. The minimum Gasteiger partial charge on any atom is -0.474 e.